The van der Waals surface area contributed by atoms with Crippen molar-refractivity contribution >= 4 is 27.3 Å². The summed E-state index contributed by atoms with van der Waals surface area (Å²) in [6, 6.07) is 3.72. The van der Waals surface area contributed by atoms with Gasteiger partial charge in [-0.15, -0.1) is 0 Å². The summed E-state index contributed by atoms with van der Waals surface area (Å²) >= 11 is 3.50. The second kappa shape index (κ2) is 6.75. The van der Waals surface area contributed by atoms with Crippen molar-refractivity contribution in [2.45, 2.75) is 32.7 Å². The minimum atomic E-state index is -0.327. The lowest BCUT2D eigenvalue weighted by molar-refractivity contribution is -0.385. The van der Waals surface area contributed by atoms with Crippen LogP contribution in [0.25, 0.3) is 0 Å². The summed E-state index contributed by atoms with van der Waals surface area (Å²) in [4.78, 5) is 13.1. The smallest absolute Gasteiger partial charge is 0.274 e. The zero-order valence-electron chi connectivity index (χ0n) is 12.7. The highest BCUT2D eigenvalue weighted by atomic mass is 79.9. The number of nitrogens with one attached hydrogen (secondary N) is 1. The first-order valence-corrected chi connectivity index (χ1v) is 8.07. The first-order chi connectivity index (χ1) is 9.88. The van der Waals surface area contributed by atoms with Gasteiger partial charge in [0.15, 0.2) is 0 Å². The maximum absolute atomic E-state index is 11.1. The fourth-order valence-corrected chi connectivity index (χ4v) is 3.52. The molecule has 116 valence electrons. The Bertz CT molecular complexity index is 536. The van der Waals surface area contributed by atoms with Gasteiger partial charge in [-0.2, -0.15) is 0 Å². The molecule has 6 heteroatoms. The number of hydrogen-bond acceptors (Lipinski definition) is 4. The molecule has 1 saturated heterocycles. The number of benzene rings is 1. The Labute approximate surface area is 134 Å². The number of anilines is 1. The summed E-state index contributed by atoms with van der Waals surface area (Å²) in [5.41, 5.74) is 1.63. The van der Waals surface area contributed by atoms with Gasteiger partial charge in [-0.25, -0.2) is 0 Å². The van der Waals surface area contributed by atoms with E-state index in [0.29, 0.717) is 11.5 Å². The molecule has 0 aromatic heterocycles. The van der Waals surface area contributed by atoms with Gasteiger partial charge in [0.1, 0.15) is 0 Å². The summed E-state index contributed by atoms with van der Waals surface area (Å²) in [6.45, 7) is 6.14. The number of nitro benzene ring substituents is 1. The monoisotopic (exact) mass is 355 g/mol. The van der Waals surface area contributed by atoms with Crippen LogP contribution in [0.5, 0.6) is 0 Å². The van der Waals surface area contributed by atoms with Gasteiger partial charge in [0.25, 0.3) is 5.69 Å². The minimum Gasteiger partial charge on any atom is -0.381 e. The Hall–Kier alpha value is -1.14. The van der Waals surface area contributed by atoms with Crippen molar-refractivity contribution in [1.82, 2.24) is 4.90 Å². The lowest BCUT2D eigenvalue weighted by atomic mass is 9.91. The second-order valence-electron chi connectivity index (χ2n) is 5.97. The molecule has 0 saturated carbocycles. The maximum Gasteiger partial charge on any atom is 0.274 e. The van der Waals surface area contributed by atoms with Crippen molar-refractivity contribution in [3.05, 3.63) is 32.3 Å². The molecule has 5 nitrogen and oxygen atoms in total. The molecule has 0 aliphatic carbocycles. The Balaban J connectivity index is 2.15. The first kappa shape index (κ1) is 16.2. The Morgan fingerprint density at radius 1 is 1.52 bits per heavy atom. The van der Waals surface area contributed by atoms with E-state index < -0.39 is 0 Å². The topological polar surface area (TPSA) is 58.4 Å². The number of nitro groups is 1. The van der Waals surface area contributed by atoms with Crippen molar-refractivity contribution in [2.24, 2.45) is 5.92 Å². The number of likely N-dealkylation sites (tertiary alicyclic amines) is 1. The highest BCUT2D eigenvalue weighted by Crippen LogP contribution is 2.32. The Kier molecular flexibility index (Phi) is 5.22. The molecule has 1 heterocycles. The number of rotatable bonds is 4. The summed E-state index contributed by atoms with van der Waals surface area (Å²) < 4.78 is 0.876. The molecule has 1 fully saturated rings. The van der Waals surface area contributed by atoms with E-state index in [-0.39, 0.29) is 16.7 Å². The van der Waals surface area contributed by atoms with Crippen LogP contribution in [-0.2, 0) is 0 Å². The van der Waals surface area contributed by atoms with E-state index in [1.165, 1.54) is 12.8 Å². The molecule has 1 aliphatic heterocycles. The van der Waals surface area contributed by atoms with Gasteiger partial charge in [0, 0.05) is 28.7 Å². The molecule has 0 spiro atoms. The molecule has 1 N–H and O–H groups in total. The molecule has 21 heavy (non-hydrogen) atoms. The van der Waals surface area contributed by atoms with Gasteiger partial charge in [-0.05, 0) is 68.2 Å². The lowest BCUT2D eigenvalue weighted by Gasteiger charge is -2.34. The van der Waals surface area contributed by atoms with Gasteiger partial charge >= 0.3 is 0 Å². The van der Waals surface area contributed by atoms with Crippen molar-refractivity contribution < 1.29 is 4.92 Å². The molecule has 1 aromatic rings. The summed E-state index contributed by atoms with van der Waals surface area (Å²) in [5, 5.41) is 14.5. The maximum atomic E-state index is 11.1. The molecular weight excluding hydrogens is 334 g/mol. The van der Waals surface area contributed by atoms with Crippen LogP contribution in [0.3, 0.4) is 0 Å². The van der Waals surface area contributed by atoms with Crippen LogP contribution < -0.4 is 5.32 Å². The van der Waals surface area contributed by atoms with Crippen LogP contribution in [0.2, 0.25) is 0 Å². The molecule has 2 rings (SSSR count). The normalized spacial score (nSPS) is 21.0. The predicted molar refractivity (Wildman–Crippen MR) is 88.8 cm³/mol. The first-order valence-electron chi connectivity index (χ1n) is 7.28. The van der Waals surface area contributed by atoms with E-state index in [0.717, 1.165) is 23.2 Å². The molecule has 1 aliphatic rings. The van der Waals surface area contributed by atoms with Crippen LogP contribution in [-0.4, -0.2) is 36.0 Å². The molecular formula is C15H22BrN3O2. The number of piperidine rings is 1. The van der Waals surface area contributed by atoms with E-state index in [2.05, 4.69) is 40.1 Å². The zero-order chi connectivity index (χ0) is 15.6. The van der Waals surface area contributed by atoms with E-state index >= 15 is 0 Å². The van der Waals surface area contributed by atoms with Crippen LogP contribution in [0.15, 0.2) is 16.6 Å². The molecule has 0 bridgehead atoms. The summed E-state index contributed by atoms with van der Waals surface area (Å²) in [7, 11) is 2.14. The quantitative estimate of drug-likeness (QED) is 0.658. The molecule has 0 radical (unpaired) electrons. The van der Waals surface area contributed by atoms with Crippen LogP contribution in [0.1, 0.15) is 25.3 Å². The van der Waals surface area contributed by atoms with Gasteiger partial charge in [0.2, 0.25) is 0 Å². The molecule has 0 amide bonds. The third-order valence-corrected chi connectivity index (χ3v) is 4.89. The van der Waals surface area contributed by atoms with Crippen LogP contribution in [0, 0.1) is 23.0 Å². The van der Waals surface area contributed by atoms with Gasteiger partial charge in [0.05, 0.1) is 10.6 Å². The highest BCUT2D eigenvalue weighted by Gasteiger charge is 2.24. The SMILES string of the molecule is Cc1cc(Br)c(NC(C)C2CCCN(C)C2)cc1[N+](=O)[O-]. The average molecular weight is 356 g/mol. The second-order valence-corrected chi connectivity index (χ2v) is 6.83. The molecule has 1 aromatic carbocycles. The number of halogens is 1. The standard InChI is InChI=1S/C15H22BrN3O2/c1-10-7-13(16)14(8-15(10)19(20)21)17-11(2)12-5-4-6-18(3)9-12/h7-8,11-12,17H,4-6,9H2,1-3H3. The predicted octanol–water partition coefficient (Wildman–Crippen LogP) is 3.81. The van der Waals surface area contributed by atoms with Gasteiger partial charge < -0.3 is 10.2 Å². The van der Waals surface area contributed by atoms with Gasteiger partial charge in [-0.3, -0.25) is 10.1 Å². The van der Waals surface area contributed by atoms with Crippen molar-refractivity contribution in [3.63, 3.8) is 0 Å². The third-order valence-electron chi connectivity index (χ3n) is 4.23. The molecule has 2 unspecified atom stereocenters. The van der Waals surface area contributed by atoms with E-state index in [1.807, 2.05) is 0 Å². The highest BCUT2D eigenvalue weighted by molar-refractivity contribution is 9.10. The van der Waals surface area contributed by atoms with E-state index in [1.54, 1.807) is 19.1 Å². The number of hydrogen-bond donors (Lipinski definition) is 1. The van der Waals surface area contributed by atoms with Crippen LogP contribution in [0.4, 0.5) is 11.4 Å². The molecule has 2 atom stereocenters. The summed E-state index contributed by atoms with van der Waals surface area (Å²) in [5.74, 6) is 0.566. The Morgan fingerprint density at radius 2 is 2.24 bits per heavy atom. The minimum absolute atomic E-state index is 0.161. The fraction of sp³-hybridized carbons (Fsp3) is 0.600. The number of nitrogens with zero attached hydrogens (tertiary/aromatic N) is 2. The van der Waals surface area contributed by atoms with Crippen molar-refractivity contribution in [1.29, 1.82) is 0 Å². The van der Waals surface area contributed by atoms with E-state index in [4.69, 9.17) is 0 Å². The summed E-state index contributed by atoms with van der Waals surface area (Å²) in [6.07, 6.45) is 2.41. The van der Waals surface area contributed by atoms with Crippen molar-refractivity contribution in [3.8, 4) is 0 Å². The lowest BCUT2D eigenvalue weighted by Crippen LogP contribution is -2.39. The third kappa shape index (κ3) is 3.95. The largest absolute Gasteiger partial charge is 0.381 e. The Morgan fingerprint density at radius 3 is 2.86 bits per heavy atom. The van der Waals surface area contributed by atoms with E-state index in [9.17, 15) is 10.1 Å². The zero-order valence-corrected chi connectivity index (χ0v) is 14.3. The van der Waals surface area contributed by atoms with Gasteiger partial charge in [-0.1, -0.05) is 0 Å². The average Bonchev–Trinajstić information content (AvgIpc) is 2.41. The number of aryl methyl sites for hydroxylation is 1. The van der Waals surface area contributed by atoms with Crippen molar-refractivity contribution in [2.75, 3.05) is 25.5 Å². The van der Waals surface area contributed by atoms with Crippen LogP contribution >= 0.6 is 15.9 Å². The fourth-order valence-electron chi connectivity index (χ4n) is 2.95.